The molecular weight excluding hydrogens is 142 g/mol. The lowest BCUT2D eigenvalue weighted by atomic mass is 10.5. The Bertz CT molecular complexity index is 194. The lowest BCUT2D eigenvalue weighted by molar-refractivity contribution is -0.136. The van der Waals surface area contributed by atoms with Crippen LogP contribution in [0.3, 0.4) is 0 Å². The van der Waals surface area contributed by atoms with Crippen molar-refractivity contribution in [1.82, 2.24) is 0 Å². The van der Waals surface area contributed by atoms with Crippen LogP contribution in [0.25, 0.3) is 0 Å². The predicted molar refractivity (Wildman–Crippen MR) is 33.9 cm³/mol. The van der Waals surface area contributed by atoms with E-state index in [4.69, 9.17) is 9.89 Å². The van der Waals surface area contributed by atoms with E-state index in [9.17, 15) is 9.00 Å². The monoisotopic (exact) mass is 151 g/mol. The summed E-state index contributed by atoms with van der Waals surface area (Å²) in [6.07, 6.45) is 1.05. The number of rotatable bonds is 3. The first kappa shape index (κ1) is 8.42. The Morgan fingerprint density at radius 1 is 1.78 bits per heavy atom. The molecule has 5 heteroatoms. The highest BCUT2D eigenvalue weighted by Gasteiger charge is 2.01. The summed E-state index contributed by atoms with van der Waals surface area (Å²) in [7, 11) is -2.60. The zero-order valence-corrected chi connectivity index (χ0v) is 5.90. The minimum atomic E-state index is -2.60. The fourth-order valence-electron chi connectivity index (χ4n) is 0.282. The van der Waals surface area contributed by atoms with E-state index in [1.165, 1.54) is 6.26 Å². The van der Waals surface area contributed by atoms with Crippen molar-refractivity contribution in [2.45, 2.75) is 6.42 Å². The van der Waals surface area contributed by atoms with Gasteiger partial charge in [0.1, 0.15) is 0 Å². The van der Waals surface area contributed by atoms with E-state index in [1.54, 1.807) is 0 Å². The summed E-state index contributed by atoms with van der Waals surface area (Å²) in [5.74, 6) is -1.06. The van der Waals surface area contributed by atoms with Gasteiger partial charge in [-0.15, -0.1) is 0 Å². The predicted octanol–water partition coefficient (Wildman–Crippen LogP) is 0.138. The molecule has 1 atom stereocenters. The molecule has 0 bridgehead atoms. The number of hydrogen-bond donors (Lipinski definition) is 2. The molecule has 0 aromatic heterocycles. The number of aliphatic carboxylic acids is 1. The quantitative estimate of drug-likeness (QED) is 0.602. The Morgan fingerprint density at radius 2 is 2.22 bits per heavy atom. The Morgan fingerprint density at radius 3 is 2.33 bits per heavy atom. The van der Waals surface area contributed by atoms with E-state index in [-0.39, 0.29) is 12.2 Å². The first-order valence-electron chi connectivity index (χ1n) is 2.35. The highest BCUT2D eigenvalue weighted by Crippen LogP contribution is 1.88. The van der Waals surface area contributed by atoms with Gasteiger partial charge in [-0.3, -0.25) is 13.8 Å². The Hall–Kier alpha value is -0.580. The van der Waals surface area contributed by atoms with Gasteiger partial charge in [0.15, 0.2) is 0 Å². The molecule has 0 saturated carbocycles. The van der Waals surface area contributed by atoms with Crippen LogP contribution in [0.2, 0.25) is 0 Å². The second kappa shape index (κ2) is 2.82. The summed E-state index contributed by atoms with van der Waals surface area (Å²) in [6, 6.07) is 0. The van der Waals surface area contributed by atoms with Crippen LogP contribution >= 0.6 is 0 Å². The van der Waals surface area contributed by atoms with Gasteiger partial charge >= 0.3 is 5.97 Å². The molecule has 0 heterocycles. The molecule has 0 aliphatic rings. The van der Waals surface area contributed by atoms with Crippen LogP contribution in [0, 0.1) is 4.78 Å². The van der Waals surface area contributed by atoms with E-state index in [1.807, 2.05) is 0 Å². The number of hydrogen-bond acceptors (Lipinski definition) is 3. The second-order valence-electron chi connectivity index (χ2n) is 1.85. The minimum absolute atomic E-state index is 0.0532. The lowest BCUT2D eigenvalue weighted by Gasteiger charge is -1.94. The van der Waals surface area contributed by atoms with E-state index >= 15 is 0 Å². The van der Waals surface area contributed by atoms with Gasteiger partial charge in [-0.25, -0.2) is 0 Å². The highest BCUT2D eigenvalue weighted by atomic mass is 32.2. The van der Waals surface area contributed by atoms with Gasteiger partial charge in [-0.05, 0) is 0 Å². The Labute approximate surface area is 53.9 Å². The Kier molecular flexibility index (Phi) is 2.64. The highest BCUT2D eigenvalue weighted by molar-refractivity contribution is 7.91. The third-order valence-electron chi connectivity index (χ3n) is 0.705. The zero-order chi connectivity index (χ0) is 7.49. The summed E-state index contributed by atoms with van der Waals surface area (Å²) in [4.78, 5) is 9.84. The van der Waals surface area contributed by atoms with E-state index < -0.39 is 15.7 Å². The molecule has 0 saturated heterocycles. The van der Waals surface area contributed by atoms with Crippen molar-refractivity contribution in [2.75, 3.05) is 12.0 Å². The van der Waals surface area contributed by atoms with Gasteiger partial charge in [0.05, 0.1) is 6.42 Å². The standard InChI is InChI=1S/C4H9NO3S/c1-9(5,8)3-2-4(6)7/h5H,2-3H2,1H3,(H,6,7). The number of carboxylic acids is 1. The van der Waals surface area contributed by atoms with Crippen molar-refractivity contribution < 1.29 is 14.1 Å². The van der Waals surface area contributed by atoms with Crippen molar-refractivity contribution in [1.29, 1.82) is 4.78 Å². The van der Waals surface area contributed by atoms with Gasteiger partial charge in [-0.1, -0.05) is 0 Å². The molecule has 9 heavy (non-hydrogen) atoms. The van der Waals surface area contributed by atoms with Gasteiger partial charge in [0.25, 0.3) is 0 Å². The van der Waals surface area contributed by atoms with Crippen LogP contribution in [0.4, 0.5) is 0 Å². The molecule has 0 aliphatic carbocycles. The molecule has 1 unspecified atom stereocenters. The van der Waals surface area contributed by atoms with Gasteiger partial charge in [0.2, 0.25) is 0 Å². The fourth-order valence-corrected chi connectivity index (χ4v) is 0.846. The van der Waals surface area contributed by atoms with Gasteiger partial charge in [-0.2, -0.15) is 0 Å². The summed E-state index contributed by atoms with van der Waals surface area (Å²) < 4.78 is 17.3. The van der Waals surface area contributed by atoms with Crippen molar-refractivity contribution in [2.24, 2.45) is 0 Å². The van der Waals surface area contributed by atoms with Crippen LogP contribution in [0.15, 0.2) is 0 Å². The third-order valence-corrected chi connectivity index (χ3v) is 1.69. The average molecular weight is 151 g/mol. The molecule has 2 N–H and O–H groups in total. The number of nitrogens with one attached hydrogen (secondary N) is 1. The maximum absolute atomic E-state index is 10.5. The fraction of sp³-hybridized carbons (Fsp3) is 0.750. The molecule has 0 fully saturated rings. The topological polar surface area (TPSA) is 78.2 Å². The summed E-state index contributed by atoms with van der Waals surface area (Å²) >= 11 is 0. The third kappa shape index (κ3) is 7.42. The SMILES string of the molecule is CS(=N)(=O)CCC(=O)O. The van der Waals surface area contributed by atoms with E-state index in [2.05, 4.69) is 0 Å². The summed E-state index contributed by atoms with van der Waals surface area (Å²) in [5, 5.41) is 8.07. The van der Waals surface area contributed by atoms with Gasteiger partial charge < -0.3 is 5.11 Å². The average Bonchev–Trinajstić information content (AvgIpc) is 1.59. The lowest BCUT2D eigenvalue weighted by Crippen LogP contribution is -2.06. The van der Waals surface area contributed by atoms with E-state index in [0.717, 1.165) is 0 Å². The number of carbonyl (C=O) groups is 1. The van der Waals surface area contributed by atoms with Crippen LogP contribution in [0.5, 0.6) is 0 Å². The molecular formula is C4H9NO3S. The Balaban J connectivity index is 3.67. The summed E-state index contributed by atoms with van der Waals surface area (Å²) in [6.45, 7) is 0. The van der Waals surface area contributed by atoms with Crippen molar-refractivity contribution in [3.63, 3.8) is 0 Å². The molecule has 54 valence electrons. The maximum atomic E-state index is 10.5. The zero-order valence-electron chi connectivity index (χ0n) is 5.09. The first-order valence-corrected chi connectivity index (χ1v) is 4.48. The molecule has 0 rings (SSSR count). The van der Waals surface area contributed by atoms with Crippen molar-refractivity contribution in [3.05, 3.63) is 0 Å². The maximum Gasteiger partial charge on any atom is 0.304 e. The van der Waals surface area contributed by atoms with Crippen LogP contribution in [0.1, 0.15) is 6.42 Å². The molecule has 0 spiro atoms. The van der Waals surface area contributed by atoms with E-state index in [0.29, 0.717) is 0 Å². The van der Waals surface area contributed by atoms with Crippen LogP contribution < -0.4 is 0 Å². The normalized spacial score (nSPS) is 16.6. The van der Waals surface area contributed by atoms with Crippen LogP contribution in [-0.4, -0.2) is 27.3 Å². The first-order chi connectivity index (χ1) is 3.92. The van der Waals surface area contributed by atoms with Crippen molar-refractivity contribution in [3.8, 4) is 0 Å². The number of carboxylic acid groups (broad SMARTS) is 1. The molecule has 0 radical (unpaired) electrons. The summed E-state index contributed by atoms with van der Waals surface area (Å²) in [5.41, 5.74) is 0. The largest absolute Gasteiger partial charge is 0.481 e. The minimum Gasteiger partial charge on any atom is -0.481 e. The molecule has 0 amide bonds. The van der Waals surface area contributed by atoms with Gasteiger partial charge in [0, 0.05) is 21.7 Å². The van der Waals surface area contributed by atoms with Crippen molar-refractivity contribution >= 4 is 15.7 Å². The molecule has 0 aromatic carbocycles. The molecule has 4 nitrogen and oxygen atoms in total. The van der Waals surface area contributed by atoms with Crippen LogP contribution in [-0.2, 0) is 14.5 Å². The molecule has 0 aromatic rings. The smallest absolute Gasteiger partial charge is 0.304 e. The second-order valence-corrected chi connectivity index (χ2v) is 4.27. The molecule has 0 aliphatic heterocycles.